The Labute approximate surface area is 107 Å². The van der Waals surface area contributed by atoms with Crippen molar-refractivity contribution in [3.05, 3.63) is 35.4 Å². The maximum Gasteiger partial charge on any atom is 0.143 e. The van der Waals surface area contributed by atoms with Gasteiger partial charge >= 0.3 is 0 Å². The summed E-state index contributed by atoms with van der Waals surface area (Å²) in [6, 6.07) is 7.69. The average molecular weight is 236 g/mol. The first kappa shape index (κ1) is 11.9. The molecule has 0 fully saturated rings. The first-order valence-electron chi connectivity index (χ1n) is 5.38. The number of hydrogen-bond acceptors (Lipinski definition) is 2. The minimum absolute atomic E-state index is 0.551. The zero-order chi connectivity index (χ0) is 13.1. The van der Waals surface area contributed by atoms with Crippen molar-refractivity contribution in [1.29, 1.82) is 0 Å². The van der Waals surface area contributed by atoms with E-state index in [1.54, 1.807) is 14.2 Å². The molecule has 0 amide bonds. The van der Waals surface area contributed by atoms with Gasteiger partial charge in [0.1, 0.15) is 11.5 Å². The van der Waals surface area contributed by atoms with Gasteiger partial charge in [-0.1, -0.05) is 36.1 Å². The van der Waals surface area contributed by atoms with Gasteiger partial charge in [0.15, 0.2) is 0 Å². The van der Waals surface area contributed by atoms with Crippen LogP contribution in [0.4, 0.5) is 0 Å². The normalized spacial score (nSPS) is 9.56. The van der Waals surface area contributed by atoms with Crippen molar-refractivity contribution in [3.8, 4) is 36.2 Å². The van der Waals surface area contributed by atoms with E-state index < -0.39 is 0 Å². The summed E-state index contributed by atoms with van der Waals surface area (Å²) in [5, 5.41) is 1.78. The van der Waals surface area contributed by atoms with Crippen LogP contribution in [0, 0.1) is 24.7 Å². The first-order chi connectivity index (χ1) is 8.78. The molecule has 0 aliphatic carbocycles. The molecule has 2 aromatic rings. The molecule has 0 atom stereocenters. The highest BCUT2D eigenvalue weighted by molar-refractivity contribution is 5.98. The summed E-state index contributed by atoms with van der Waals surface area (Å²) in [6.45, 7) is 0. The van der Waals surface area contributed by atoms with Crippen molar-refractivity contribution in [2.45, 2.75) is 0 Å². The van der Waals surface area contributed by atoms with Crippen LogP contribution in [0.1, 0.15) is 11.1 Å². The van der Waals surface area contributed by atoms with Crippen LogP contribution in [0.2, 0.25) is 0 Å². The smallest absolute Gasteiger partial charge is 0.143 e. The van der Waals surface area contributed by atoms with Gasteiger partial charge in [0.25, 0.3) is 0 Å². The molecule has 88 valence electrons. The Hall–Kier alpha value is -2.58. The fourth-order valence-corrected chi connectivity index (χ4v) is 2.07. The number of fused-ring (bicyclic) bond motifs is 1. The van der Waals surface area contributed by atoms with E-state index in [9.17, 15) is 0 Å². The lowest BCUT2D eigenvalue weighted by Crippen LogP contribution is -1.98. The van der Waals surface area contributed by atoms with Gasteiger partial charge in [-0.2, -0.15) is 0 Å². The Balaban J connectivity index is 3.07. The van der Waals surface area contributed by atoms with Crippen LogP contribution in [0.3, 0.4) is 0 Å². The van der Waals surface area contributed by atoms with Crippen LogP contribution in [0.25, 0.3) is 10.8 Å². The summed E-state index contributed by atoms with van der Waals surface area (Å²) < 4.78 is 10.8. The second-order valence-electron chi connectivity index (χ2n) is 3.65. The highest BCUT2D eigenvalue weighted by Gasteiger charge is 2.17. The van der Waals surface area contributed by atoms with Gasteiger partial charge in [0, 0.05) is 10.8 Å². The number of hydrogen-bond donors (Lipinski definition) is 0. The summed E-state index contributed by atoms with van der Waals surface area (Å²) >= 11 is 0. The molecule has 2 rings (SSSR count). The molecule has 0 N–H and O–H groups in total. The van der Waals surface area contributed by atoms with Crippen molar-refractivity contribution >= 4 is 10.8 Å². The SMILES string of the molecule is C#Cc1c(C#C)c(OC)c2ccccc2c1OC. The Kier molecular flexibility index (Phi) is 3.13. The number of ether oxygens (including phenoxy) is 2. The predicted octanol–water partition coefficient (Wildman–Crippen LogP) is 2.82. The van der Waals surface area contributed by atoms with E-state index in [1.165, 1.54) is 0 Å². The van der Waals surface area contributed by atoms with Crippen molar-refractivity contribution in [2.75, 3.05) is 14.2 Å². The molecule has 18 heavy (non-hydrogen) atoms. The molecule has 2 heteroatoms. The standard InChI is InChI=1S/C16H12O2/c1-5-11-12(6-2)16(18-4)14-10-8-7-9-13(14)15(11)17-3/h1-2,7-10H,3-4H3. The third-order valence-electron chi connectivity index (χ3n) is 2.82. The lowest BCUT2D eigenvalue weighted by Gasteiger charge is -2.15. The van der Waals surface area contributed by atoms with Gasteiger partial charge in [0.05, 0.1) is 25.3 Å². The minimum Gasteiger partial charge on any atom is -0.495 e. The van der Waals surface area contributed by atoms with Crippen LogP contribution in [0.5, 0.6) is 11.5 Å². The van der Waals surface area contributed by atoms with Crippen LogP contribution >= 0.6 is 0 Å². The van der Waals surface area contributed by atoms with Crippen LogP contribution in [-0.4, -0.2) is 14.2 Å². The predicted molar refractivity (Wildman–Crippen MR) is 72.9 cm³/mol. The monoisotopic (exact) mass is 236 g/mol. The fraction of sp³-hybridized carbons (Fsp3) is 0.125. The van der Waals surface area contributed by atoms with Crippen molar-refractivity contribution in [1.82, 2.24) is 0 Å². The number of rotatable bonds is 2. The lowest BCUT2D eigenvalue weighted by atomic mass is 9.98. The zero-order valence-corrected chi connectivity index (χ0v) is 10.3. The molecule has 0 saturated carbocycles. The molecule has 0 unspecified atom stereocenters. The van der Waals surface area contributed by atoms with Crippen LogP contribution in [0.15, 0.2) is 24.3 Å². The summed E-state index contributed by atoms with van der Waals surface area (Å²) in [5.41, 5.74) is 1.10. The lowest BCUT2D eigenvalue weighted by molar-refractivity contribution is 0.408. The van der Waals surface area contributed by atoms with Gasteiger partial charge < -0.3 is 9.47 Å². The van der Waals surface area contributed by atoms with Crippen LogP contribution < -0.4 is 9.47 Å². The summed E-state index contributed by atoms with van der Waals surface area (Å²) in [6.07, 6.45) is 11.1. The van der Waals surface area contributed by atoms with E-state index in [2.05, 4.69) is 11.8 Å². The first-order valence-corrected chi connectivity index (χ1v) is 5.38. The van der Waals surface area contributed by atoms with Crippen molar-refractivity contribution in [2.24, 2.45) is 0 Å². The van der Waals surface area contributed by atoms with E-state index in [0.29, 0.717) is 22.6 Å². The van der Waals surface area contributed by atoms with Crippen molar-refractivity contribution < 1.29 is 9.47 Å². The Morgan fingerprint density at radius 2 is 1.22 bits per heavy atom. The molecule has 0 radical (unpaired) electrons. The number of methoxy groups -OCH3 is 2. The second kappa shape index (κ2) is 4.73. The van der Waals surface area contributed by atoms with Crippen molar-refractivity contribution in [3.63, 3.8) is 0 Å². The van der Waals surface area contributed by atoms with Gasteiger partial charge in [0.2, 0.25) is 0 Å². The molecular formula is C16H12O2. The quantitative estimate of drug-likeness (QED) is 0.746. The Morgan fingerprint density at radius 1 is 0.833 bits per heavy atom. The highest BCUT2D eigenvalue weighted by atomic mass is 16.5. The number of benzene rings is 2. The average Bonchev–Trinajstić information content (AvgIpc) is 2.44. The van der Waals surface area contributed by atoms with Gasteiger partial charge in [-0.3, -0.25) is 0 Å². The van der Waals surface area contributed by atoms with E-state index >= 15 is 0 Å². The molecule has 0 spiro atoms. The molecule has 2 aromatic carbocycles. The summed E-state index contributed by atoms with van der Waals surface area (Å²) in [5.74, 6) is 6.40. The van der Waals surface area contributed by atoms with Gasteiger partial charge in [-0.25, -0.2) is 0 Å². The third kappa shape index (κ3) is 1.56. The van der Waals surface area contributed by atoms with Crippen LogP contribution in [-0.2, 0) is 0 Å². The van der Waals surface area contributed by atoms with E-state index in [-0.39, 0.29) is 0 Å². The topological polar surface area (TPSA) is 18.5 Å². The molecule has 2 nitrogen and oxygen atoms in total. The number of terminal acetylenes is 2. The minimum atomic E-state index is 0.551. The Morgan fingerprint density at radius 3 is 1.50 bits per heavy atom. The largest absolute Gasteiger partial charge is 0.495 e. The molecule has 0 bridgehead atoms. The molecule has 0 saturated heterocycles. The highest BCUT2D eigenvalue weighted by Crippen LogP contribution is 2.39. The van der Waals surface area contributed by atoms with Gasteiger partial charge in [-0.15, -0.1) is 12.8 Å². The fourth-order valence-electron chi connectivity index (χ4n) is 2.07. The maximum absolute atomic E-state index is 5.54. The molecule has 0 heterocycles. The van der Waals surface area contributed by atoms with E-state index in [1.807, 2.05) is 24.3 Å². The molecule has 0 aromatic heterocycles. The van der Waals surface area contributed by atoms with E-state index in [4.69, 9.17) is 22.3 Å². The maximum atomic E-state index is 5.54. The van der Waals surface area contributed by atoms with E-state index in [0.717, 1.165) is 10.8 Å². The molecule has 0 aliphatic heterocycles. The third-order valence-corrected chi connectivity index (χ3v) is 2.82. The second-order valence-corrected chi connectivity index (χ2v) is 3.65. The molecular weight excluding hydrogens is 224 g/mol. The Bertz CT molecular complexity index is 624. The summed E-state index contributed by atoms with van der Waals surface area (Å²) in [4.78, 5) is 0. The zero-order valence-electron chi connectivity index (χ0n) is 10.3. The summed E-state index contributed by atoms with van der Waals surface area (Å²) in [7, 11) is 3.16. The molecule has 0 aliphatic rings. The van der Waals surface area contributed by atoms with Gasteiger partial charge in [-0.05, 0) is 0 Å².